The van der Waals surface area contributed by atoms with Gasteiger partial charge in [-0.3, -0.25) is 0 Å². The Bertz CT molecular complexity index is 476. The molecule has 20 heavy (non-hydrogen) atoms. The van der Waals surface area contributed by atoms with Crippen molar-refractivity contribution in [3.8, 4) is 0 Å². The van der Waals surface area contributed by atoms with E-state index in [1.807, 2.05) is 0 Å². The second-order valence-corrected chi connectivity index (χ2v) is 5.96. The van der Waals surface area contributed by atoms with Crippen LogP contribution in [0, 0.1) is 5.92 Å². The maximum absolute atomic E-state index is 5.65. The lowest BCUT2D eigenvalue weighted by molar-refractivity contribution is 0.131. The van der Waals surface area contributed by atoms with Crippen molar-refractivity contribution in [2.75, 3.05) is 33.9 Å². The van der Waals surface area contributed by atoms with Crippen LogP contribution < -0.4 is 0 Å². The normalized spacial score (nSPS) is 15.8. The lowest BCUT2D eigenvalue weighted by Crippen LogP contribution is -2.15. The van der Waals surface area contributed by atoms with E-state index in [0.29, 0.717) is 5.92 Å². The molecule has 2 rings (SSSR count). The number of ether oxygens (including phenoxy) is 1. The first-order valence-corrected chi connectivity index (χ1v) is 7.66. The average molecular weight is 273 g/mol. The zero-order valence-corrected chi connectivity index (χ0v) is 13.3. The summed E-state index contributed by atoms with van der Waals surface area (Å²) in [5.41, 5.74) is 6.08. The fourth-order valence-corrected chi connectivity index (χ4v) is 3.03. The van der Waals surface area contributed by atoms with E-state index in [1.165, 1.54) is 16.7 Å². The summed E-state index contributed by atoms with van der Waals surface area (Å²) in [5.74, 6) is 0.482. The van der Waals surface area contributed by atoms with E-state index in [-0.39, 0.29) is 0 Å². The Morgan fingerprint density at radius 1 is 1.25 bits per heavy atom. The van der Waals surface area contributed by atoms with E-state index in [9.17, 15) is 0 Å². The van der Waals surface area contributed by atoms with Crippen LogP contribution in [0.4, 0.5) is 0 Å². The number of rotatable bonds is 7. The minimum atomic E-state index is 0.482. The van der Waals surface area contributed by atoms with E-state index < -0.39 is 0 Å². The first kappa shape index (κ1) is 15.3. The SMILES string of the molecule is CCOCC(C)C1=C(CCN(C)C)Cc2ccccc21. The van der Waals surface area contributed by atoms with Gasteiger partial charge in [0, 0.05) is 19.1 Å². The molecule has 0 aromatic heterocycles. The Morgan fingerprint density at radius 3 is 2.70 bits per heavy atom. The summed E-state index contributed by atoms with van der Waals surface area (Å²) >= 11 is 0. The molecule has 1 aliphatic rings. The van der Waals surface area contributed by atoms with Crippen LogP contribution >= 0.6 is 0 Å². The van der Waals surface area contributed by atoms with Gasteiger partial charge in [-0.15, -0.1) is 0 Å². The van der Waals surface area contributed by atoms with Gasteiger partial charge in [-0.1, -0.05) is 36.8 Å². The molecular weight excluding hydrogens is 246 g/mol. The number of hydrogen-bond acceptors (Lipinski definition) is 2. The first-order valence-electron chi connectivity index (χ1n) is 7.66. The van der Waals surface area contributed by atoms with Crippen molar-refractivity contribution in [1.82, 2.24) is 4.90 Å². The fraction of sp³-hybridized carbons (Fsp3) is 0.556. The van der Waals surface area contributed by atoms with Gasteiger partial charge in [0.15, 0.2) is 0 Å². The molecule has 0 radical (unpaired) electrons. The van der Waals surface area contributed by atoms with Crippen molar-refractivity contribution >= 4 is 5.57 Å². The van der Waals surface area contributed by atoms with Gasteiger partial charge in [-0.2, -0.15) is 0 Å². The first-order chi connectivity index (χ1) is 9.63. The van der Waals surface area contributed by atoms with Crippen LogP contribution in [0.2, 0.25) is 0 Å². The zero-order chi connectivity index (χ0) is 14.5. The molecule has 0 amide bonds. The highest BCUT2D eigenvalue weighted by atomic mass is 16.5. The van der Waals surface area contributed by atoms with Crippen molar-refractivity contribution in [3.63, 3.8) is 0 Å². The average Bonchev–Trinajstić information content (AvgIpc) is 2.81. The molecule has 0 saturated heterocycles. The zero-order valence-electron chi connectivity index (χ0n) is 13.3. The maximum atomic E-state index is 5.65. The summed E-state index contributed by atoms with van der Waals surface area (Å²) in [6.45, 7) is 7.10. The highest BCUT2D eigenvalue weighted by Crippen LogP contribution is 2.39. The standard InChI is InChI=1S/C18H27NO/c1-5-20-13-14(2)18-16(10-11-19(3)4)12-15-8-6-7-9-17(15)18/h6-9,14H,5,10-13H2,1-4H3. The van der Waals surface area contributed by atoms with E-state index in [2.05, 4.69) is 57.1 Å². The monoisotopic (exact) mass is 273 g/mol. The quantitative estimate of drug-likeness (QED) is 0.752. The molecule has 1 aromatic rings. The molecule has 1 unspecified atom stereocenters. The molecule has 0 fully saturated rings. The molecule has 110 valence electrons. The minimum absolute atomic E-state index is 0.482. The van der Waals surface area contributed by atoms with Crippen LogP contribution in [0.25, 0.3) is 5.57 Å². The smallest absolute Gasteiger partial charge is 0.0532 e. The Balaban J connectivity index is 2.23. The van der Waals surface area contributed by atoms with Gasteiger partial charge in [-0.05, 0) is 50.6 Å². The topological polar surface area (TPSA) is 12.5 Å². The Kier molecular flexibility index (Phi) is 5.38. The van der Waals surface area contributed by atoms with Crippen LogP contribution in [-0.2, 0) is 11.2 Å². The molecular formula is C18H27NO. The molecule has 2 heteroatoms. The Labute approximate surface area is 123 Å². The van der Waals surface area contributed by atoms with Crippen molar-refractivity contribution in [1.29, 1.82) is 0 Å². The number of nitrogens with zero attached hydrogens (tertiary/aromatic N) is 1. The van der Waals surface area contributed by atoms with Crippen LogP contribution in [0.5, 0.6) is 0 Å². The molecule has 0 aliphatic heterocycles. The molecule has 2 nitrogen and oxygen atoms in total. The van der Waals surface area contributed by atoms with Crippen molar-refractivity contribution in [2.45, 2.75) is 26.7 Å². The van der Waals surface area contributed by atoms with Crippen molar-refractivity contribution < 1.29 is 4.74 Å². The Morgan fingerprint density at radius 2 is 2.00 bits per heavy atom. The summed E-state index contributed by atoms with van der Waals surface area (Å²) in [4.78, 5) is 2.26. The fourth-order valence-electron chi connectivity index (χ4n) is 3.03. The van der Waals surface area contributed by atoms with Crippen LogP contribution in [0.3, 0.4) is 0 Å². The van der Waals surface area contributed by atoms with E-state index >= 15 is 0 Å². The van der Waals surface area contributed by atoms with Gasteiger partial charge in [0.05, 0.1) is 6.61 Å². The van der Waals surface area contributed by atoms with Gasteiger partial charge in [0.1, 0.15) is 0 Å². The summed E-state index contributed by atoms with van der Waals surface area (Å²) in [7, 11) is 4.29. The Hall–Kier alpha value is -1.12. The predicted molar refractivity (Wildman–Crippen MR) is 85.9 cm³/mol. The maximum Gasteiger partial charge on any atom is 0.0532 e. The van der Waals surface area contributed by atoms with Gasteiger partial charge in [0.2, 0.25) is 0 Å². The van der Waals surface area contributed by atoms with E-state index in [1.54, 1.807) is 5.57 Å². The van der Waals surface area contributed by atoms with Gasteiger partial charge >= 0.3 is 0 Å². The molecule has 0 N–H and O–H groups in total. The second kappa shape index (κ2) is 7.05. The van der Waals surface area contributed by atoms with Crippen LogP contribution in [0.15, 0.2) is 29.8 Å². The van der Waals surface area contributed by atoms with Crippen LogP contribution in [-0.4, -0.2) is 38.8 Å². The predicted octanol–water partition coefficient (Wildman–Crippen LogP) is 3.62. The summed E-state index contributed by atoms with van der Waals surface area (Å²) in [6, 6.07) is 8.85. The molecule has 0 saturated carbocycles. The minimum Gasteiger partial charge on any atom is -0.381 e. The van der Waals surface area contributed by atoms with Gasteiger partial charge < -0.3 is 9.64 Å². The number of benzene rings is 1. The number of fused-ring (bicyclic) bond motifs is 1. The summed E-state index contributed by atoms with van der Waals surface area (Å²) < 4.78 is 5.65. The highest BCUT2D eigenvalue weighted by Gasteiger charge is 2.24. The molecule has 1 atom stereocenters. The second-order valence-electron chi connectivity index (χ2n) is 5.96. The molecule has 1 aliphatic carbocycles. The highest BCUT2D eigenvalue weighted by molar-refractivity contribution is 5.77. The summed E-state index contributed by atoms with van der Waals surface area (Å²) in [6.07, 6.45) is 2.28. The van der Waals surface area contributed by atoms with Crippen LogP contribution in [0.1, 0.15) is 31.4 Å². The van der Waals surface area contributed by atoms with Gasteiger partial charge in [-0.25, -0.2) is 0 Å². The van der Waals surface area contributed by atoms with Crippen molar-refractivity contribution in [2.24, 2.45) is 5.92 Å². The van der Waals surface area contributed by atoms with Crippen molar-refractivity contribution in [3.05, 3.63) is 41.0 Å². The van der Waals surface area contributed by atoms with E-state index in [4.69, 9.17) is 4.74 Å². The number of hydrogen-bond donors (Lipinski definition) is 0. The molecule has 0 bridgehead atoms. The van der Waals surface area contributed by atoms with E-state index in [0.717, 1.165) is 32.6 Å². The lowest BCUT2D eigenvalue weighted by Gasteiger charge is -2.18. The largest absolute Gasteiger partial charge is 0.381 e. The third kappa shape index (κ3) is 3.50. The molecule has 0 heterocycles. The molecule has 0 spiro atoms. The third-order valence-corrected chi connectivity index (χ3v) is 4.02. The lowest BCUT2D eigenvalue weighted by atomic mass is 9.93. The van der Waals surface area contributed by atoms with Gasteiger partial charge in [0.25, 0.3) is 0 Å². The third-order valence-electron chi connectivity index (χ3n) is 4.02. The molecule has 1 aromatic carbocycles. The summed E-state index contributed by atoms with van der Waals surface area (Å²) in [5, 5.41) is 0.